The maximum absolute atomic E-state index is 13.6. The van der Waals surface area contributed by atoms with Crippen molar-refractivity contribution in [2.75, 3.05) is 22.9 Å². The lowest BCUT2D eigenvalue weighted by atomic mass is 10.2. The average molecular weight is 297 g/mol. The number of halogens is 3. The molecule has 1 aromatic heterocycles. The largest absolute Gasteiger partial charge is 0.370 e. The van der Waals surface area contributed by atoms with Crippen LogP contribution in [0, 0.1) is 17.5 Å². The highest BCUT2D eigenvalue weighted by Gasteiger charge is 2.14. The first-order valence-electron chi connectivity index (χ1n) is 6.30. The third-order valence-electron chi connectivity index (χ3n) is 2.60. The first-order chi connectivity index (χ1) is 10.0. The van der Waals surface area contributed by atoms with Gasteiger partial charge in [-0.25, -0.2) is 13.2 Å². The summed E-state index contributed by atoms with van der Waals surface area (Å²) in [5.41, 5.74) is 5.30. The number of nitrogens with one attached hydrogen (secondary N) is 2. The Bertz CT molecular complexity index is 648. The lowest BCUT2D eigenvalue weighted by molar-refractivity contribution is 0.449. The Morgan fingerprint density at radius 1 is 1.10 bits per heavy atom. The Labute approximate surface area is 119 Å². The van der Waals surface area contributed by atoms with E-state index in [4.69, 9.17) is 5.73 Å². The van der Waals surface area contributed by atoms with Gasteiger partial charge in [0.1, 0.15) is 11.6 Å². The van der Waals surface area contributed by atoms with E-state index >= 15 is 0 Å². The molecule has 8 heteroatoms. The van der Waals surface area contributed by atoms with Gasteiger partial charge >= 0.3 is 0 Å². The number of anilines is 4. The first kappa shape index (κ1) is 14.9. The van der Waals surface area contributed by atoms with Crippen LogP contribution in [0.25, 0.3) is 0 Å². The van der Waals surface area contributed by atoms with Crippen LogP contribution < -0.4 is 16.4 Å². The van der Waals surface area contributed by atoms with E-state index in [0.717, 1.165) is 18.6 Å². The molecule has 0 aliphatic carbocycles. The van der Waals surface area contributed by atoms with Crippen molar-refractivity contribution in [1.29, 1.82) is 0 Å². The van der Waals surface area contributed by atoms with Crippen LogP contribution in [-0.2, 0) is 0 Å². The number of aromatic nitrogens is 2. The molecule has 0 atom stereocenters. The normalized spacial score (nSPS) is 10.5. The standard InChI is InChI=1S/C13H14F3N5/c1-2-5-18-9-6-10(21-13(17)20-9)19-8-4-3-7(14)11(15)12(8)16/h3-4,6H,2,5H2,1H3,(H4,17,18,19,20,21). The topological polar surface area (TPSA) is 75.9 Å². The molecule has 0 amide bonds. The lowest BCUT2D eigenvalue weighted by Crippen LogP contribution is -2.07. The van der Waals surface area contributed by atoms with E-state index in [1.54, 1.807) is 0 Å². The SMILES string of the molecule is CCCNc1cc(Nc2ccc(F)c(F)c2F)nc(N)n1. The molecule has 112 valence electrons. The van der Waals surface area contributed by atoms with Crippen LogP contribution in [0.4, 0.5) is 36.4 Å². The zero-order chi connectivity index (χ0) is 15.4. The number of nitrogens with two attached hydrogens (primary N) is 1. The molecule has 0 radical (unpaired) electrons. The number of hydrogen-bond acceptors (Lipinski definition) is 5. The zero-order valence-corrected chi connectivity index (χ0v) is 11.3. The Hall–Kier alpha value is -2.51. The van der Waals surface area contributed by atoms with Gasteiger partial charge < -0.3 is 16.4 Å². The fourth-order valence-corrected chi connectivity index (χ4v) is 1.63. The highest BCUT2D eigenvalue weighted by molar-refractivity contribution is 5.61. The first-order valence-corrected chi connectivity index (χ1v) is 6.30. The van der Waals surface area contributed by atoms with E-state index < -0.39 is 17.5 Å². The third kappa shape index (κ3) is 3.53. The van der Waals surface area contributed by atoms with Crippen molar-refractivity contribution < 1.29 is 13.2 Å². The number of hydrogen-bond donors (Lipinski definition) is 3. The lowest BCUT2D eigenvalue weighted by Gasteiger charge is -2.10. The molecule has 0 saturated carbocycles. The Morgan fingerprint density at radius 3 is 2.52 bits per heavy atom. The highest BCUT2D eigenvalue weighted by Crippen LogP contribution is 2.24. The monoisotopic (exact) mass is 297 g/mol. The van der Waals surface area contributed by atoms with Crippen LogP contribution in [0.1, 0.15) is 13.3 Å². The molecule has 5 nitrogen and oxygen atoms in total. The summed E-state index contributed by atoms with van der Waals surface area (Å²) in [6.45, 7) is 2.66. The molecule has 0 fully saturated rings. The number of rotatable bonds is 5. The van der Waals surface area contributed by atoms with E-state index in [1.165, 1.54) is 6.07 Å². The molecular weight excluding hydrogens is 283 g/mol. The van der Waals surface area contributed by atoms with Crippen LogP contribution in [0.5, 0.6) is 0 Å². The van der Waals surface area contributed by atoms with Gasteiger partial charge in [-0.3, -0.25) is 0 Å². The number of nitrogens with zero attached hydrogens (tertiary/aromatic N) is 2. The average Bonchev–Trinajstić information content (AvgIpc) is 2.45. The Kier molecular flexibility index (Phi) is 4.46. The molecule has 21 heavy (non-hydrogen) atoms. The molecule has 0 unspecified atom stereocenters. The van der Waals surface area contributed by atoms with Crippen LogP contribution >= 0.6 is 0 Å². The second-order valence-corrected chi connectivity index (χ2v) is 4.27. The summed E-state index contributed by atoms with van der Waals surface area (Å²) in [6, 6.07) is 3.39. The Morgan fingerprint density at radius 2 is 1.81 bits per heavy atom. The van der Waals surface area contributed by atoms with E-state index in [-0.39, 0.29) is 17.5 Å². The molecule has 2 aromatic rings. The summed E-state index contributed by atoms with van der Waals surface area (Å²) >= 11 is 0. The second-order valence-electron chi connectivity index (χ2n) is 4.27. The predicted molar refractivity (Wildman–Crippen MR) is 74.8 cm³/mol. The summed E-state index contributed by atoms with van der Waals surface area (Å²) in [4.78, 5) is 7.82. The quantitative estimate of drug-likeness (QED) is 0.740. The molecule has 0 aliphatic rings. The van der Waals surface area contributed by atoms with Crippen LogP contribution in [-0.4, -0.2) is 16.5 Å². The molecule has 0 saturated heterocycles. The van der Waals surface area contributed by atoms with E-state index in [9.17, 15) is 13.2 Å². The van der Waals surface area contributed by atoms with E-state index in [0.29, 0.717) is 12.4 Å². The van der Waals surface area contributed by atoms with E-state index in [1.807, 2.05) is 6.92 Å². The molecule has 4 N–H and O–H groups in total. The molecule has 0 aliphatic heterocycles. The van der Waals surface area contributed by atoms with Gasteiger partial charge in [-0.2, -0.15) is 9.97 Å². The summed E-state index contributed by atoms with van der Waals surface area (Å²) in [5.74, 6) is -3.53. The van der Waals surface area contributed by atoms with Crippen LogP contribution in [0.3, 0.4) is 0 Å². The molecular formula is C13H14F3N5. The van der Waals surface area contributed by atoms with Crippen molar-refractivity contribution in [2.24, 2.45) is 0 Å². The van der Waals surface area contributed by atoms with Gasteiger partial charge in [-0.05, 0) is 18.6 Å². The highest BCUT2D eigenvalue weighted by atomic mass is 19.2. The number of nitrogen functional groups attached to an aromatic ring is 1. The molecule has 1 aromatic carbocycles. The van der Waals surface area contributed by atoms with Crippen LogP contribution in [0.2, 0.25) is 0 Å². The molecule has 1 heterocycles. The van der Waals surface area contributed by atoms with E-state index in [2.05, 4.69) is 20.6 Å². The van der Waals surface area contributed by atoms with Crippen molar-refractivity contribution in [2.45, 2.75) is 13.3 Å². The predicted octanol–water partition coefficient (Wildman–Crippen LogP) is 3.04. The molecule has 0 spiro atoms. The van der Waals surface area contributed by atoms with Crippen molar-refractivity contribution >= 4 is 23.3 Å². The minimum absolute atomic E-state index is 0.0263. The van der Waals surface area contributed by atoms with Gasteiger partial charge in [0.05, 0.1) is 5.69 Å². The third-order valence-corrected chi connectivity index (χ3v) is 2.60. The van der Waals surface area contributed by atoms with Gasteiger partial charge in [0, 0.05) is 12.6 Å². The minimum Gasteiger partial charge on any atom is -0.370 e. The van der Waals surface area contributed by atoms with Gasteiger partial charge in [-0.15, -0.1) is 0 Å². The molecule has 2 rings (SSSR count). The summed E-state index contributed by atoms with van der Waals surface area (Å²) < 4.78 is 39.6. The van der Waals surface area contributed by atoms with Gasteiger partial charge in [-0.1, -0.05) is 6.92 Å². The van der Waals surface area contributed by atoms with Crippen molar-refractivity contribution in [3.63, 3.8) is 0 Å². The summed E-state index contributed by atoms with van der Waals surface area (Å²) in [7, 11) is 0. The smallest absolute Gasteiger partial charge is 0.223 e. The zero-order valence-electron chi connectivity index (χ0n) is 11.3. The van der Waals surface area contributed by atoms with Gasteiger partial charge in [0.15, 0.2) is 17.5 Å². The van der Waals surface area contributed by atoms with Crippen LogP contribution in [0.15, 0.2) is 18.2 Å². The van der Waals surface area contributed by atoms with Crippen molar-refractivity contribution in [3.05, 3.63) is 35.7 Å². The number of benzene rings is 1. The fraction of sp³-hybridized carbons (Fsp3) is 0.231. The molecule has 0 bridgehead atoms. The van der Waals surface area contributed by atoms with Crippen molar-refractivity contribution in [3.8, 4) is 0 Å². The maximum Gasteiger partial charge on any atom is 0.223 e. The fourth-order valence-electron chi connectivity index (χ4n) is 1.63. The van der Waals surface area contributed by atoms with Gasteiger partial charge in [0.2, 0.25) is 5.95 Å². The summed E-state index contributed by atoms with van der Waals surface area (Å²) in [6.07, 6.45) is 0.879. The maximum atomic E-state index is 13.6. The minimum atomic E-state index is -1.55. The second kappa shape index (κ2) is 6.29. The van der Waals surface area contributed by atoms with Crippen molar-refractivity contribution in [1.82, 2.24) is 9.97 Å². The van der Waals surface area contributed by atoms with Gasteiger partial charge in [0.25, 0.3) is 0 Å². The Balaban J connectivity index is 2.27. The summed E-state index contributed by atoms with van der Waals surface area (Å²) in [5, 5.41) is 5.54.